The summed E-state index contributed by atoms with van der Waals surface area (Å²) in [6.45, 7) is 2.97. The number of nitrogens with one attached hydrogen (secondary N) is 1. The van der Waals surface area contributed by atoms with Crippen molar-refractivity contribution in [3.05, 3.63) is 0 Å². The zero-order chi connectivity index (χ0) is 7.56. The fourth-order valence-electron chi connectivity index (χ4n) is 1.00. The third-order valence-corrected chi connectivity index (χ3v) is 1.56. The second-order valence-electron chi connectivity index (χ2n) is 2.41. The van der Waals surface area contributed by atoms with Gasteiger partial charge in [0.1, 0.15) is 6.23 Å². The van der Waals surface area contributed by atoms with E-state index in [4.69, 9.17) is 5.11 Å². The lowest BCUT2D eigenvalue weighted by Crippen LogP contribution is -2.50. The Kier molecular flexibility index (Phi) is 2.11. The van der Waals surface area contributed by atoms with Gasteiger partial charge in [0.05, 0.1) is 0 Å². The highest BCUT2D eigenvalue weighted by Gasteiger charge is 2.20. The molecule has 0 aromatic heterocycles. The quantitative estimate of drug-likeness (QED) is 0.532. The summed E-state index contributed by atoms with van der Waals surface area (Å²) in [6.07, 6.45) is 0.247. The molecule has 0 radical (unpaired) electrons. The second kappa shape index (κ2) is 2.88. The van der Waals surface area contributed by atoms with Gasteiger partial charge in [-0.3, -0.25) is 4.90 Å². The van der Waals surface area contributed by atoms with E-state index < -0.39 is 6.23 Å². The van der Waals surface area contributed by atoms with Crippen LogP contribution in [0.2, 0.25) is 0 Å². The first-order chi connectivity index (χ1) is 4.72. The largest absolute Gasteiger partial charge is 0.374 e. The van der Waals surface area contributed by atoms with Crippen LogP contribution < -0.4 is 5.32 Å². The van der Waals surface area contributed by atoms with E-state index >= 15 is 0 Å². The number of hydrogen-bond acceptors (Lipinski definition) is 2. The molecule has 0 spiro atoms. The van der Waals surface area contributed by atoms with Crippen molar-refractivity contribution in [2.75, 3.05) is 13.1 Å². The van der Waals surface area contributed by atoms with Gasteiger partial charge in [-0.05, 0) is 13.3 Å². The molecule has 4 heteroatoms. The standard InChI is InChI=1S/C6H12N2O2/c1-5(9)8-4-2-3-7-6(8)10/h5,9H,2-4H2,1H3,(H,7,10). The van der Waals surface area contributed by atoms with E-state index in [9.17, 15) is 4.79 Å². The normalized spacial score (nSPS) is 22.2. The van der Waals surface area contributed by atoms with E-state index in [0.29, 0.717) is 6.54 Å². The molecule has 0 saturated carbocycles. The van der Waals surface area contributed by atoms with Crippen LogP contribution in [0.5, 0.6) is 0 Å². The van der Waals surface area contributed by atoms with Gasteiger partial charge in [-0.1, -0.05) is 0 Å². The maximum absolute atomic E-state index is 10.9. The molecule has 0 aromatic rings. The molecule has 1 fully saturated rings. The van der Waals surface area contributed by atoms with Crippen molar-refractivity contribution in [3.63, 3.8) is 0 Å². The minimum absolute atomic E-state index is 0.166. The fraction of sp³-hybridized carbons (Fsp3) is 0.833. The molecule has 1 heterocycles. The van der Waals surface area contributed by atoms with Crippen LogP contribution in [0.25, 0.3) is 0 Å². The number of rotatable bonds is 1. The van der Waals surface area contributed by atoms with Crippen LogP contribution in [-0.4, -0.2) is 35.4 Å². The highest BCUT2D eigenvalue weighted by Crippen LogP contribution is 2.01. The minimum atomic E-state index is -0.666. The van der Waals surface area contributed by atoms with E-state index in [-0.39, 0.29) is 6.03 Å². The molecule has 1 aliphatic rings. The predicted molar refractivity (Wildman–Crippen MR) is 36.4 cm³/mol. The Balaban J connectivity index is 2.48. The zero-order valence-electron chi connectivity index (χ0n) is 6.00. The summed E-state index contributed by atoms with van der Waals surface area (Å²) in [6, 6.07) is -0.166. The third kappa shape index (κ3) is 1.39. The molecule has 1 aliphatic heterocycles. The Morgan fingerprint density at radius 1 is 1.80 bits per heavy atom. The lowest BCUT2D eigenvalue weighted by molar-refractivity contribution is 0.0382. The van der Waals surface area contributed by atoms with Crippen molar-refractivity contribution in [3.8, 4) is 0 Å². The average Bonchev–Trinajstić information content (AvgIpc) is 1.88. The molecule has 0 bridgehead atoms. The number of urea groups is 1. The van der Waals surface area contributed by atoms with Gasteiger partial charge in [0.2, 0.25) is 0 Å². The topological polar surface area (TPSA) is 52.6 Å². The SMILES string of the molecule is CC(O)N1CCCNC1=O. The maximum atomic E-state index is 10.9. The highest BCUT2D eigenvalue weighted by molar-refractivity contribution is 5.74. The summed E-state index contributed by atoms with van der Waals surface area (Å²) in [5.41, 5.74) is 0. The van der Waals surface area contributed by atoms with Crippen molar-refractivity contribution in [2.45, 2.75) is 19.6 Å². The molecule has 1 saturated heterocycles. The number of carbonyl (C=O) groups is 1. The lowest BCUT2D eigenvalue weighted by Gasteiger charge is -2.29. The van der Waals surface area contributed by atoms with Gasteiger partial charge in [-0.15, -0.1) is 0 Å². The van der Waals surface area contributed by atoms with Gasteiger partial charge in [0.15, 0.2) is 0 Å². The summed E-state index contributed by atoms with van der Waals surface area (Å²) in [5, 5.41) is 11.7. The Morgan fingerprint density at radius 2 is 2.50 bits per heavy atom. The van der Waals surface area contributed by atoms with Crippen molar-refractivity contribution >= 4 is 6.03 Å². The molecule has 2 amide bonds. The molecular formula is C6H12N2O2. The number of aliphatic hydroxyl groups excluding tert-OH is 1. The van der Waals surface area contributed by atoms with Crippen LogP contribution in [0, 0.1) is 0 Å². The molecule has 1 atom stereocenters. The van der Waals surface area contributed by atoms with Gasteiger partial charge < -0.3 is 10.4 Å². The molecular weight excluding hydrogens is 132 g/mol. The first-order valence-electron chi connectivity index (χ1n) is 3.44. The Bertz CT molecular complexity index is 136. The number of aliphatic hydroxyl groups is 1. The number of carbonyl (C=O) groups excluding carboxylic acids is 1. The smallest absolute Gasteiger partial charge is 0.319 e. The number of nitrogens with zero attached hydrogens (tertiary/aromatic N) is 1. The minimum Gasteiger partial charge on any atom is -0.374 e. The van der Waals surface area contributed by atoms with Gasteiger partial charge in [0.25, 0.3) is 0 Å². The first-order valence-corrected chi connectivity index (χ1v) is 3.44. The summed E-state index contributed by atoms with van der Waals surface area (Å²) in [4.78, 5) is 12.3. The average molecular weight is 144 g/mol. The molecule has 1 unspecified atom stereocenters. The van der Waals surface area contributed by atoms with E-state index in [1.54, 1.807) is 6.92 Å². The maximum Gasteiger partial charge on any atom is 0.319 e. The molecule has 1 rings (SSSR count). The number of hydrogen-bond donors (Lipinski definition) is 2. The van der Waals surface area contributed by atoms with Crippen LogP contribution in [0.1, 0.15) is 13.3 Å². The van der Waals surface area contributed by atoms with Crippen molar-refractivity contribution in [1.29, 1.82) is 0 Å². The van der Waals surface area contributed by atoms with Gasteiger partial charge >= 0.3 is 6.03 Å². The van der Waals surface area contributed by atoms with Gasteiger partial charge in [-0.25, -0.2) is 4.79 Å². The van der Waals surface area contributed by atoms with Crippen LogP contribution in [0.4, 0.5) is 4.79 Å². The van der Waals surface area contributed by atoms with E-state index in [0.717, 1.165) is 13.0 Å². The fourth-order valence-corrected chi connectivity index (χ4v) is 1.00. The monoisotopic (exact) mass is 144 g/mol. The number of amides is 2. The highest BCUT2D eigenvalue weighted by atomic mass is 16.3. The Labute approximate surface area is 59.8 Å². The van der Waals surface area contributed by atoms with Crippen LogP contribution in [0.15, 0.2) is 0 Å². The first kappa shape index (κ1) is 7.34. The van der Waals surface area contributed by atoms with Crippen molar-refractivity contribution in [2.24, 2.45) is 0 Å². The van der Waals surface area contributed by atoms with Gasteiger partial charge in [-0.2, -0.15) is 0 Å². The molecule has 10 heavy (non-hydrogen) atoms. The molecule has 4 nitrogen and oxygen atoms in total. The molecule has 2 N–H and O–H groups in total. The molecule has 58 valence electrons. The summed E-state index contributed by atoms with van der Waals surface area (Å²) in [7, 11) is 0. The lowest BCUT2D eigenvalue weighted by atomic mass is 10.3. The summed E-state index contributed by atoms with van der Waals surface area (Å²) >= 11 is 0. The van der Waals surface area contributed by atoms with E-state index in [1.165, 1.54) is 4.90 Å². The van der Waals surface area contributed by atoms with Gasteiger partial charge in [0, 0.05) is 13.1 Å². The van der Waals surface area contributed by atoms with Crippen LogP contribution in [0.3, 0.4) is 0 Å². The predicted octanol–water partition coefficient (Wildman–Crippen LogP) is -0.260. The van der Waals surface area contributed by atoms with Crippen LogP contribution in [-0.2, 0) is 0 Å². The molecule has 0 aromatic carbocycles. The summed E-state index contributed by atoms with van der Waals surface area (Å²) in [5.74, 6) is 0. The Hall–Kier alpha value is -0.770. The Morgan fingerprint density at radius 3 is 2.90 bits per heavy atom. The van der Waals surface area contributed by atoms with E-state index in [1.807, 2.05) is 0 Å². The van der Waals surface area contributed by atoms with Crippen molar-refractivity contribution < 1.29 is 9.90 Å². The van der Waals surface area contributed by atoms with E-state index in [2.05, 4.69) is 5.32 Å². The summed E-state index contributed by atoms with van der Waals surface area (Å²) < 4.78 is 0. The van der Waals surface area contributed by atoms with Crippen molar-refractivity contribution in [1.82, 2.24) is 10.2 Å². The van der Waals surface area contributed by atoms with Crippen LogP contribution >= 0.6 is 0 Å². The zero-order valence-corrected chi connectivity index (χ0v) is 6.00. The second-order valence-corrected chi connectivity index (χ2v) is 2.41. The third-order valence-electron chi connectivity index (χ3n) is 1.56. The molecule has 0 aliphatic carbocycles.